The van der Waals surface area contributed by atoms with Crippen LogP contribution in [0.2, 0.25) is 10.0 Å². The first kappa shape index (κ1) is 28.2. The van der Waals surface area contributed by atoms with E-state index in [1.807, 2.05) is 42.5 Å². The lowest BCUT2D eigenvalue weighted by Crippen LogP contribution is -2.50. The molecule has 2 aromatic carbocycles. The molecule has 4 aromatic rings. The fraction of sp³-hybridized carbons (Fsp3) is 0.250. The van der Waals surface area contributed by atoms with Crippen LogP contribution in [-0.2, 0) is 26.8 Å². The normalized spacial score (nSPS) is 19.6. The van der Waals surface area contributed by atoms with E-state index in [0.717, 1.165) is 15.9 Å². The number of aromatic nitrogens is 3. The van der Waals surface area contributed by atoms with Gasteiger partial charge in [0.2, 0.25) is 5.95 Å². The summed E-state index contributed by atoms with van der Waals surface area (Å²) < 4.78 is 32.2. The van der Waals surface area contributed by atoms with Crippen LogP contribution < -0.4 is 9.80 Å². The van der Waals surface area contributed by atoms with E-state index in [0.29, 0.717) is 28.8 Å². The summed E-state index contributed by atoms with van der Waals surface area (Å²) in [5.74, 6) is 0.662. The molecule has 4 heterocycles. The summed E-state index contributed by atoms with van der Waals surface area (Å²) in [5.41, 5.74) is -0.0269. The van der Waals surface area contributed by atoms with Crippen LogP contribution >= 0.6 is 39.1 Å². The van der Waals surface area contributed by atoms with E-state index < -0.39 is 15.6 Å². The molecule has 0 aliphatic carbocycles. The molecule has 41 heavy (non-hydrogen) atoms. The standard InChI is InChI=1S/C28H25BrCl2N6O3S/c1-28(17-19-5-7-20(29)8-6-19)26(38)36(23-15-21(30)14-22(31)16-23)27-33-18-25(37(27)28)41(39,40)35-12-10-34(11-13-35)24-4-2-3-9-32-24/h2-9,14-16,18H,10-13,17H2,1H3/t28-/m1/s1. The monoisotopic (exact) mass is 674 g/mol. The van der Waals surface area contributed by atoms with Gasteiger partial charge in [-0.05, 0) is 55.0 Å². The number of anilines is 3. The van der Waals surface area contributed by atoms with Crippen LogP contribution in [0.15, 0.2) is 82.6 Å². The number of carbonyl (C=O) groups excluding carboxylic acids is 1. The third kappa shape index (κ3) is 5.03. The van der Waals surface area contributed by atoms with Gasteiger partial charge < -0.3 is 4.90 Å². The number of piperazine rings is 1. The number of hydrogen-bond donors (Lipinski definition) is 0. The van der Waals surface area contributed by atoms with Crippen LogP contribution in [0.3, 0.4) is 0 Å². The van der Waals surface area contributed by atoms with Gasteiger partial charge in [-0.2, -0.15) is 4.31 Å². The number of pyridine rings is 1. The van der Waals surface area contributed by atoms with Crippen LogP contribution in [0.1, 0.15) is 12.5 Å². The molecule has 1 saturated heterocycles. The van der Waals surface area contributed by atoms with Crippen molar-refractivity contribution in [2.24, 2.45) is 0 Å². The number of hydrogen-bond acceptors (Lipinski definition) is 6. The Morgan fingerprint density at radius 1 is 0.951 bits per heavy atom. The summed E-state index contributed by atoms with van der Waals surface area (Å²) >= 11 is 16.0. The Balaban J connectivity index is 1.40. The van der Waals surface area contributed by atoms with Gasteiger partial charge in [0.15, 0.2) is 5.03 Å². The molecule has 13 heteroatoms. The first-order chi connectivity index (χ1) is 19.6. The number of amides is 1. The Morgan fingerprint density at radius 2 is 1.63 bits per heavy atom. The highest BCUT2D eigenvalue weighted by Crippen LogP contribution is 2.45. The smallest absolute Gasteiger partial charge is 0.260 e. The molecular weight excluding hydrogens is 651 g/mol. The molecular formula is C28H25BrCl2N6O3S. The third-order valence-corrected chi connectivity index (χ3v) is 10.3. The van der Waals surface area contributed by atoms with Crippen molar-refractivity contribution in [1.29, 1.82) is 0 Å². The lowest BCUT2D eigenvalue weighted by molar-refractivity contribution is -0.124. The van der Waals surface area contributed by atoms with E-state index >= 15 is 0 Å². The van der Waals surface area contributed by atoms with Gasteiger partial charge in [-0.3, -0.25) is 9.36 Å². The second-order valence-electron chi connectivity index (χ2n) is 10.2. The number of carbonyl (C=O) groups is 1. The molecule has 6 rings (SSSR count). The second kappa shape index (κ2) is 10.7. The zero-order valence-electron chi connectivity index (χ0n) is 21.9. The van der Waals surface area contributed by atoms with Crippen LogP contribution in [-0.4, -0.2) is 59.3 Å². The highest BCUT2D eigenvalue weighted by atomic mass is 79.9. The number of imidazole rings is 1. The van der Waals surface area contributed by atoms with Crippen molar-refractivity contribution in [3.8, 4) is 0 Å². The fourth-order valence-corrected chi connectivity index (χ4v) is 7.83. The van der Waals surface area contributed by atoms with Crippen molar-refractivity contribution in [2.45, 2.75) is 23.9 Å². The van der Waals surface area contributed by atoms with Crippen LogP contribution in [0.25, 0.3) is 0 Å². The lowest BCUT2D eigenvalue weighted by atomic mass is 9.92. The number of benzene rings is 2. The molecule has 9 nitrogen and oxygen atoms in total. The van der Waals surface area contributed by atoms with Crippen molar-refractivity contribution in [3.05, 3.63) is 93.1 Å². The van der Waals surface area contributed by atoms with E-state index in [9.17, 15) is 13.2 Å². The molecule has 0 unspecified atom stereocenters. The molecule has 1 amide bonds. The summed E-state index contributed by atoms with van der Waals surface area (Å²) in [6.07, 6.45) is 3.29. The van der Waals surface area contributed by atoms with Gasteiger partial charge in [-0.1, -0.05) is 57.3 Å². The Labute approximate surface area is 256 Å². The first-order valence-electron chi connectivity index (χ1n) is 12.9. The molecule has 0 bridgehead atoms. The number of halogens is 3. The van der Waals surface area contributed by atoms with Crippen LogP contribution in [0.5, 0.6) is 0 Å². The van der Waals surface area contributed by atoms with Crippen molar-refractivity contribution in [1.82, 2.24) is 18.8 Å². The van der Waals surface area contributed by atoms with Crippen molar-refractivity contribution < 1.29 is 13.2 Å². The van der Waals surface area contributed by atoms with Crippen molar-refractivity contribution >= 4 is 72.5 Å². The zero-order valence-corrected chi connectivity index (χ0v) is 25.8. The predicted octanol–water partition coefficient (Wildman–Crippen LogP) is 5.49. The summed E-state index contributed by atoms with van der Waals surface area (Å²) in [6, 6.07) is 18.0. The molecule has 2 aliphatic rings. The highest BCUT2D eigenvalue weighted by molar-refractivity contribution is 9.10. The maximum atomic E-state index is 14.2. The Morgan fingerprint density at radius 3 is 2.27 bits per heavy atom. The molecule has 0 saturated carbocycles. The van der Waals surface area contributed by atoms with E-state index in [-0.39, 0.29) is 36.4 Å². The molecule has 1 atom stereocenters. The second-order valence-corrected chi connectivity index (χ2v) is 13.8. The van der Waals surface area contributed by atoms with Gasteiger partial charge in [0, 0.05) is 53.3 Å². The Kier molecular flexibility index (Phi) is 7.36. The van der Waals surface area contributed by atoms with Crippen LogP contribution in [0, 0.1) is 0 Å². The molecule has 212 valence electrons. The maximum Gasteiger partial charge on any atom is 0.260 e. The SMILES string of the molecule is C[C@@]1(Cc2ccc(Br)cc2)C(=O)N(c2cc(Cl)cc(Cl)c2)c2ncc(S(=O)(=O)N3CCN(c4ccccn4)CC3)n21. The number of fused-ring (bicyclic) bond motifs is 1. The van der Waals surface area contributed by atoms with E-state index in [1.165, 1.54) is 15.4 Å². The van der Waals surface area contributed by atoms with E-state index in [4.69, 9.17) is 23.2 Å². The highest BCUT2D eigenvalue weighted by Gasteiger charge is 2.52. The van der Waals surface area contributed by atoms with E-state index in [2.05, 4.69) is 30.8 Å². The quantitative estimate of drug-likeness (QED) is 0.268. The largest absolute Gasteiger partial charge is 0.354 e. The van der Waals surface area contributed by atoms with Gasteiger partial charge in [0.05, 0.1) is 11.9 Å². The minimum Gasteiger partial charge on any atom is -0.354 e. The Bertz CT molecular complexity index is 1710. The topological polar surface area (TPSA) is 91.6 Å². The summed E-state index contributed by atoms with van der Waals surface area (Å²) in [6.45, 7) is 3.25. The minimum atomic E-state index is -4.02. The molecule has 1 fully saturated rings. The summed E-state index contributed by atoms with van der Waals surface area (Å²) in [5, 5.41) is 0.652. The molecule has 0 N–H and O–H groups in total. The van der Waals surface area contributed by atoms with Crippen molar-refractivity contribution in [3.63, 3.8) is 0 Å². The third-order valence-electron chi connectivity index (χ3n) is 7.45. The molecule has 0 spiro atoms. The average Bonchev–Trinajstić information content (AvgIpc) is 3.48. The molecule has 2 aromatic heterocycles. The van der Waals surface area contributed by atoms with Gasteiger partial charge in [-0.25, -0.2) is 23.3 Å². The van der Waals surface area contributed by atoms with Crippen LogP contribution in [0.4, 0.5) is 17.5 Å². The van der Waals surface area contributed by atoms with Gasteiger partial charge in [0.1, 0.15) is 11.4 Å². The summed E-state index contributed by atoms with van der Waals surface area (Å²) in [4.78, 5) is 26.6. The average molecular weight is 676 g/mol. The zero-order chi connectivity index (χ0) is 28.9. The fourth-order valence-electron chi connectivity index (χ4n) is 5.44. The van der Waals surface area contributed by atoms with E-state index in [1.54, 1.807) is 35.9 Å². The minimum absolute atomic E-state index is 0.0395. The molecule has 2 aliphatic heterocycles. The van der Waals surface area contributed by atoms with Gasteiger partial charge >= 0.3 is 0 Å². The van der Waals surface area contributed by atoms with Gasteiger partial charge in [-0.15, -0.1) is 0 Å². The number of rotatable bonds is 6. The predicted molar refractivity (Wildman–Crippen MR) is 163 cm³/mol. The summed E-state index contributed by atoms with van der Waals surface area (Å²) in [7, 11) is -4.02. The molecule has 0 radical (unpaired) electrons. The van der Waals surface area contributed by atoms with Crippen molar-refractivity contribution in [2.75, 3.05) is 36.0 Å². The maximum absolute atomic E-state index is 14.2. The first-order valence-corrected chi connectivity index (χ1v) is 15.9. The number of nitrogens with zero attached hydrogens (tertiary/aromatic N) is 6. The lowest BCUT2D eigenvalue weighted by Gasteiger charge is -2.35. The number of sulfonamides is 1. The Hall–Kier alpha value is -2.96. The van der Waals surface area contributed by atoms with Gasteiger partial charge in [0.25, 0.3) is 15.9 Å².